The molecular formula is C21H23N3O2S. The van der Waals surface area contributed by atoms with Gasteiger partial charge in [-0.25, -0.2) is 9.97 Å². The van der Waals surface area contributed by atoms with Gasteiger partial charge in [-0.2, -0.15) is 0 Å². The van der Waals surface area contributed by atoms with Crippen LogP contribution >= 0.6 is 11.3 Å². The summed E-state index contributed by atoms with van der Waals surface area (Å²) in [6, 6.07) is 8.00. The van der Waals surface area contributed by atoms with Crippen LogP contribution in [0.3, 0.4) is 0 Å². The lowest BCUT2D eigenvalue weighted by molar-refractivity contribution is -0.131. The second-order valence-corrected chi connectivity index (χ2v) is 7.97. The van der Waals surface area contributed by atoms with Crippen molar-refractivity contribution >= 4 is 17.2 Å². The molecule has 0 bridgehead atoms. The van der Waals surface area contributed by atoms with Gasteiger partial charge in [-0.05, 0) is 38.3 Å². The second-order valence-electron chi connectivity index (χ2n) is 7.04. The number of rotatable bonds is 4. The molecule has 0 N–H and O–H groups in total. The standard InChI is InChI=1S/C21H23N3O2S/c1-14-5-3-4-6-17(14)20-23-18(15(2)26-20)13-19(25)24-10-7-16(8-11-24)21-22-9-12-27-21/h3-6,9,12,16H,7-8,10-11,13H2,1-2H3. The normalized spacial score (nSPS) is 15.3. The van der Waals surface area contributed by atoms with Gasteiger partial charge in [0.05, 0.1) is 17.1 Å². The van der Waals surface area contributed by atoms with Crippen LogP contribution in [0.1, 0.15) is 40.8 Å². The van der Waals surface area contributed by atoms with Gasteiger partial charge in [-0.1, -0.05) is 18.2 Å². The zero-order valence-electron chi connectivity index (χ0n) is 15.6. The molecule has 1 aromatic carbocycles. The van der Waals surface area contributed by atoms with Crippen molar-refractivity contribution in [3.05, 3.63) is 57.9 Å². The Morgan fingerprint density at radius 3 is 2.74 bits per heavy atom. The van der Waals surface area contributed by atoms with Crippen molar-refractivity contribution in [2.75, 3.05) is 13.1 Å². The molecule has 6 heteroatoms. The molecule has 1 amide bonds. The minimum Gasteiger partial charge on any atom is -0.441 e. The number of amides is 1. The third-order valence-electron chi connectivity index (χ3n) is 5.24. The van der Waals surface area contributed by atoms with E-state index in [0.717, 1.165) is 48.5 Å². The Bertz CT molecular complexity index is 925. The summed E-state index contributed by atoms with van der Waals surface area (Å²) in [5, 5.41) is 3.21. The molecule has 0 atom stereocenters. The van der Waals surface area contributed by atoms with Gasteiger partial charge in [0.1, 0.15) is 5.76 Å². The van der Waals surface area contributed by atoms with Crippen molar-refractivity contribution in [1.29, 1.82) is 0 Å². The summed E-state index contributed by atoms with van der Waals surface area (Å²) < 4.78 is 5.85. The van der Waals surface area contributed by atoms with Crippen LogP contribution in [-0.2, 0) is 11.2 Å². The molecule has 1 aliphatic heterocycles. The highest BCUT2D eigenvalue weighted by molar-refractivity contribution is 7.09. The molecule has 3 aromatic rings. The van der Waals surface area contributed by atoms with Crippen LogP contribution in [0.25, 0.3) is 11.5 Å². The first-order chi connectivity index (χ1) is 13.1. The summed E-state index contributed by atoms with van der Waals surface area (Å²) in [5.41, 5.74) is 2.82. The average Bonchev–Trinajstić information content (AvgIpc) is 3.33. The lowest BCUT2D eigenvalue weighted by Crippen LogP contribution is -2.38. The maximum atomic E-state index is 12.8. The van der Waals surface area contributed by atoms with E-state index in [9.17, 15) is 4.79 Å². The van der Waals surface area contributed by atoms with E-state index >= 15 is 0 Å². The fraction of sp³-hybridized carbons (Fsp3) is 0.381. The monoisotopic (exact) mass is 381 g/mol. The highest BCUT2D eigenvalue weighted by atomic mass is 32.1. The summed E-state index contributed by atoms with van der Waals surface area (Å²) in [4.78, 5) is 23.7. The van der Waals surface area contributed by atoms with Crippen LogP contribution in [0.4, 0.5) is 0 Å². The zero-order chi connectivity index (χ0) is 18.8. The van der Waals surface area contributed by atoms with Gasteiger partial charge in [0.2, 0.25) is 11.8 Å². The lowest BCUT2D eigenvalue weighted by atomic mass is 9.97. The first kappa shape index (κ1) is 17.9. The SMILES string of the molecule is Cc1ccccc1-c1nc(CC(=O)N2CCC(c3nccs3)CC2)c(C)o1. The van der Waals surface area contributed by atoms with Crippen LogP contribution in [0.15, 0.2) is 40.3 Å². The number of aromatic nitrogens is 2. The fourth-order valence-electron chi connectivity index (χ4n) is 3.59. The molecule has 1 aliphatic rings. The van der Waals surface area contributed by atoms with Crippen molar-refractivity contribution < 1.29 is 9.21 Å². The minimum atomic E-state index is 0.125. The molecule has 0 saturated carbocycles. The molecule has 1 fully saturated rings. The van der Waals surface area contributed by atoms with E-state index in [2.05, 4.69) is 9.97 Å². The Morgan fingerprint density at radius 2 is 2.04 bits per heavy atom. The van der Waals surface area contributed by atoms with E-state index in [1.165, 1.54) is 5.01 Å². The van der Waals surface area contributed by atoms with E-state index in [1.54, 1.807) is 11.3 Å². The Balaban J connectivity index is 1.41. The largest absolute Gasteiger partial charge is 0.441 e. The number of oxazole rings is 1. The molecule has 5 nitrogen and oxygen atoms in total. The van der Waals surface area contributed by atoms with E-state index in [-0.39, 0.29) is 5.91 Å². The van der Waals surface area contributed by atoms with Crippen molar-refractivity contribution in [3.63, 3.8) is 0 Å². The lowest BCUT2D eigenvalue weighted by Gasteiger charge is -2.31. The summed E-state index contributed by atoms with van der Waals surface area (Å²) >= 11 is 1.71. The predicted molar refractivity (Wildman–Crippen MR) is 106 cm³/mol. The summed E-state index contributed by atoms with van der Waals surface area (Å²) in [6.45, 7) is 5.48. The van der Waals surface area contributed by atoms with E-state index < -0.39 is 0 Å². The molecule has 2 aromatic heterocycles. The maximum Gasteiger partial charge on any atom is 0.228 e. The smallest absolute Gasteiger partial charge is 0.228 e. The number of thiazole rings is 1. The molecule has 3 heterocycles. The number of hydrogen-bond donors (Lipinski definition) is 0. The molecule has 0 spiro atoms. The third kappa shape index (κ3) is 3.81. The first-order valence-corrected chi connectivity index (χ1v) is 10.2. The zero-order valence-corrected chi connectivity index (χ0v) is 16.5. The first-order valence-electron chi connectivity index (χ1n) is 9.31. The van der Waals surface area contributed by atoms with Crippen LogP contribution in [0, 0.1) is 13.8 Å². The average molecular weight is 382 g/mol. The minimum absolute atomic E-state index is 0.125. The number of hydrogen-bond acceptors (Lipinski definition) is 5. The molecule has 140 valence electrons. The highest BCUT2D eigenvalue weighted by Gasteiger charge is 2.26. The van der Waals surface area contributed by atoms with Gasteiger partial charge in [-0.15, -0.1) is 11.3 Å². The van der Waals surface area contributed by atoms with Crippen LogP contribution in [0.5, 0.6) is 0 Å². The second kappa shape index (κ2) is 7.64. The van der Waals surface area contributed by atoms with Crippen molar-refractivity contribution in [3.8, 4) is 11.5 Å². The molecule has 0 unspecified atom stereocenters. The number of carbonyl (C=O) groups is 1. The van der Waals surface area contributed by atoms with Gasteiger partial charge in [0.25, 0.3) is 0 Å². The molecule has 0 radical (unpaired) electrons. The summed E-state index contributed by atoms with van der Waals surface area (Å²) in [7, 11) is 0. The van der Waals surface area contributed by atoms with Crippen molar-refractivity contribution in [1.82, 2.24) is 14.9 Å². The number of likely N-dealkylation sites (tertiary alicyclic amines) is 1. The fourth-order valence-corrected chi connectivity index (χ4v) is 4.40. The maximum absolute atomic E-state index is 12.8. The molecule has 0 aliphatic carbocycles. The van der Waals surface area contributed by atoms with Gasteiger partial charge in [-0.3, -0.25) is 4.79 Å². The Labute approximate surface area is 163 Å². The Hall–Kier alpha value is -2.47. The molecule has 27 heavy (non-hydrogen) atoms. The van der Waals surface area contributed by atoms with Crippen LogP contribution in [0.2, 0.25) is 0 Å². The van der Waals surface area contributed by atoms with Crippen LogP contribution in [-0.4, -0.2) is 33.9 Å². The number of benzene rings is 1. The van der Waals surface area contributed by atoms with E-state index in [0.29, 0.717) is 18.2 Å². The van der Waals surface area contributed by atoms with Crippen molar-refractivity contribution in [2.24, 2.45) is 0 Å². The highest BCUT2D eigenvalue weighted by Crippen LogP contribution is 2.30. The van der Waals surface area contributed by atoms with Gasteiger partial charge < -0.3 is 9.32 Å². The predicted octanol–water partition coefficient (Wildman–Crippen LogP) is 4.36. The summed E-state index contributed by atoms with van der Waals surface area (Å²) in [5.74, 6) is 1.92. The van der Waals surface area contributed by atoms with Gasteiger partial charge >= 0.3 is 0 Å². The Kier molecular flexibility index (Phi) is 5.07. The number of piperidine rings is 1. The quantitative estimate of drug-likeness (QED) is 0.674. The third-order valence-corrected chi connectivity index (χ3v) is 6.17. The number of nitrogens with zero attached hydrogens (tertiary/aromatic N) is 3. The van der Waals surface area contributed by atoms with Gasteiger partial charge in [0.15, 0.2) is 0 Å². The van der Waals surface area contributed by atoms with Crippen molar-refractivity contribution in [2.45, 2.75) is 39.0 Å². The number of carbonyl (C=O) groups excluding carboxylic acids is 1. The molecule has 1 saturated heterocycles. The Morgan fingerprint density at radius 1 is 1.26 bits per heavy atom. The molecular weight excluding hydrogens is 358 g/mol. The topological polar surface area (TPSA) is 59.2 Å². The van der Waals surface area contributed by atoms with E-state index in [4.69, 9.17) is 4.42 Å². The summed E-state index contributed by atoms with van der Waals surface area (Å²) in [6.07, 6.45) is 4.11. The molecule has 4 rings (SSSR count). The van der Waals surface area contributed by atoms with Gasteiger partial charge in [0, 0.05) is 36.1 Å². The number of aryl methyl sites for hydroxylation is 2. The van der Waals surface area contributed by atoms with Crippen LogP contribution < -0.4 is 0 Å². The van der Waals surface area contributed by atoms with E-state index in [1.807, 2.05) is 54.6 Å².